The van der Waals surface area contributed by atoms with Crippen molar-refractivity contribution in [2.24, 2.45) is 0 Å². The van der Waals surface area contributed by atoms with Crippen molar-refractivity contribution in [2.45, 2.75) is 12.8 Å². The van der Waals surface area contributed by atoms with Gasteiger partial charge < -0.3 is 9.64 Å². The summed E-state index contributed by atoms with van der Waals surface area (Å²) in [7, 11) is 1.55. The van der Waals surface area contributed by atoms with Crippen LogP contribution in [0.1, 0.15) is 12.8 Å². The summed E-state index contributed by atoms with van der Waals surface area (Å²) in [6.07, 6.45) is 4.27. The Morgan fingerprint density at radius 1 is 1.55 bits per heavy atom. The molecule has 1 aliphatic heterocycles. The third-order valence-electron chi connectivity index (χ3n) is 1.83. The van der Waals surface area contributed by atoms with Gasteiger partial charge in [0.05, 0.1) is 0 Å². The molecular weight excluding hydrogens is 142 g/mol. The maximum absolute atomic E-state index is 11.2. The molecule has 0 bridgehead atoms. The summed E-state index contributed by atoms with van der Waals surface area (Å²) in [5.74, 6) is 0.112. The molecule has 1 fully saturated rings. The third-order valence-corrected chi connectivity index (χ3v) is 1.83. The molecule has 1 heterocycles. The molecule has 0 aromatic heterocycles. The van der Waals surface area contributed by atoms with Crippen LogP contribution in [0.2, 0.25) is 0 Å². The lowest BCUT2D eigenvalue weighted by Gasteiger charge is -2.26. The van der Waals surface area contributed by atoms with Crippen molar-refractivity contribution < 1.29 is 9.53 Å². The van der Waals surface area contributed by atoms with Gasteiger partial charge in [-0.15, -0.1) is 0 Å². The average Bonchev–Trinajstić information content (AvgIpc) is 2.07. The molecule has 0 aromatic rings. The summed E-state index contributed by atoms with van der Waals surface area (Å²) in [5, 5.41) is 0. The van der Waals surface area contributed by atoms with Crippen molar-refractivity contribution >= 4 is 5.91 Å². The number of amides is 1. The van der Waals surface area contributed by atoms with Gasteiger partial charge in [0.25, 0.3) is 0 Å². The quantitative estimate of drug-likeness (QED) is 0.581. The highest BCUT2D eigenvalue weighted by Gasteiger charge is 2.15. The normalized spacial score (nSPS) is 18.5. The van der Waals surface area contributed by atoms with E-state index in [0.29, 0.717) is 0 Å². The zero-order chi connectivity index (χ0) is 8.10. The van der Waals surface area contributed by atoms with Crippen LogP contribution < -0.4 is 0 Å². The summed E-state index contributed by atoms with van der Waals surface area (Å²) in [5.41, 5.74) is 0. The van der Waals surface area contributed by atoms with Gasteiger partial charge in [-0.25, -0.2) is 0 Å². The number of ether oxygens (including phenoxy) is 1. The van der Waals surface area contributed by atoms with E-state index in [1.165, 1.54) is 0 Å². The van der Waals surface area contributed by atoms with Gasteiger partial charge in [-0.05, 0) is 19.3 Å². The predicted octanol–water partition coefficient (Wildman–Crippen LogP) is 0.459. The van der Waals surface area contributed by atoms with E-state index in [1.807, 2.05) is 4.90 Å². The lowest BCUT2D eigenvalue weighted by atomic mass is 10.1. The minimum absolute atomic E-state index is 0.112. The summed E-state index contributed by atoms with van der Waals surface area (Å²) < 4.78 is 4.76. The number of piperidine rings is 1. The zero-order valence-electron chi connectivity index (χ0n) is 6.88. The Labute approximate surface area is 67.3 Å². The van der Waals surface area contributed by atoms with Crippen molar-refractivity contribution in [1.82, 2.24) is 4.90 Å². The van der Waals surface area contributed by atoms with Crippen LogP contribution in [0, 0.1) is 6.42 Å². The highest BCUT2D eigenvalue weighted by Crippen LogP contribution is 2.07. The van der Waals surface area contributed by atoms with Gasteiger partial charge in [0, 0.05) is 20.2 Å². The van der Waals surface area contributed by atoms with E-state index in [4.69, 9.17) is 4.74 Å². The van der Waals surface area contributed by atoms with Gasteiger partial charge in [-0.3, -0.25) is 4.79 Å². The van der Waals surface area contributed by atoms with E-state index in [1.54, 1.807) is 7.11 Å². The first-order valence-corrected chi connectivity index (χ1v) is 3.93. The van der Waals surface area contributed by atoms with E-state index >= 15 is 0 Å². The molecule has 1 saturated heterocycles. The van der Waals surface area contributed by atoms with Crippen LogP contribution in [0.15, 0.2) is 0 Å². The maximum Gasteiger partial charge on any atom is 0.248 e. The smallest absolute Gasteiger partial charge is 0.248 e. The number of nitrogens with zero attached hydrogens (tertiary/aromatic N) is 1. The topological polar surface area (TPSA) is 29.5 Å². The van der Waals surface area contributed by atoms with E-state index in [2.05, 4.69) is 6.42 Å². The minimum Gasteiger partial charge on any atom is -0.375 e. The second-order valence-electron chi connectivity index (χ2n) is 2.68. The van der Waals surface area contributed by atoms with Gasteiger partial charge in [0.15, 0.2) is 0 Å². The highest BCUT2D eigenvalue weighted by molar-refractivity contribution is 5.77. The van der Waals surface area contributed by atoms with Gasteiger partial charge in [0.1, 0.15) is 6.61 Å². The molecule has 0 N–H and O–H groups in total. The lowest BCUT2D eigenvalue weighted by Crippen LogP contribution is -2.37. The highest BCUT2D eigenvalue weighted by atomic mass is 16.5. The van der Waals surface area contributed by atoms with Crippen LogP contribution in [0.5, 0.6) is 0 Å². The molecule has 0 unspecified atom stereocenters. The first-order valence-electron chi connectivity index (χ1n) is 3.93. The van der Waals surface area contributed by atoms with E-state index in [9.17, 15) is 4.79 Å². The van der Waals surface area contributed by atoms with Crippen LogP contribution in [0.4, 0.5) is 0 Å². The summed E-state index contributed by atoms with van der Waals surface area (Å²) in [6.45, 7) is 1.95. The lowest BCUT2D eigenvalue weighted by molar-refractivity contribution is -0.135. The van der Waals surface area contributed by atoms with Crippen molar-refractivity contribution in [1.29, 1.82) is 0 Å². The molecule has 1 rings (SSSR count). The number of carbonyl (C=O) groups excluding carboxylic acids is 1. The van der Waals surface area contributed by atoms with Crippen LogP contribution in [-0.4, -0.2) is 37.6 Å². The molecule has 0 spiro atoms. The molecule has 63 valence electrons. The van der Waals surface area contributed by atoms with E-state index < -0.39 is 0 Å². The number of hydrogen-bond acceptors (Lipinski definition) is 2. The summed E-state index contributed by atoms with van der Waals surface area (Å²) >= 11 is 0. The molecule has 1 radical (unpaired) electrons. The fourth-order valence-electron chi connectivity index (χ4n) is 1.21. The minimum atomic E-state index is 0.112. The predicted molar refractivity (Wildman–Crippen MR) is 42.0 cm³/mol. The molecule has 0 aliphatic carbocycles. The number of likely N-dealkylation sites (tertiary alicyclic amines) is 1. The maximum atomic E-state index is 11.2. The molecular formula is C8H14NO2. The number of rotatable bonds is 2. The van der Waals surface area contributed by atoms with Crippen LogP contribution in [0.25, 0.3) is 0 Å². The molecule has 3 heteroatoms. The second kappa shape index (κ2) is 4.34. The Balaban J connectivity index is 2.27. The molecule has 0 atom stereocenters. The van der Waals surface area contributed by atoms with E-state index in [-0.39, 0.29) is 12.5 Å². The SMILES string of the molecule is COCC(=O)N1CC[CH]CC1. The molecule has 1 aliphatic rings. The number of hydrogen-bond donors (Lipinski definition) is 0. The molecule has 3 nitrogen and oxygen atoms in total. The summed E-state index contributed by atoms with van der Waals surface area (Å²) in [4.78, 5) is 13.0. The molecule has 1 amide bonds. The van der Waals surface area contributed by atoms with Gasteiger partial charge in [0.2, 0.25) is 5.91 Å². The Morgan fingerprint density at radius 2 is 2.18 bits per heavy atom. The molecule has 0 aromatic carbocycles. The van der Waals surface area contributed by atoms with Gasteiger partial charge in [-0.2, -0.15) is 0 Å². The molecule has 11 heavy (non-hydrogen) atoms. The van der Waals surface area contributed by atoms with Crippen molar-refractivity contribution in [2.75, 3.05) is 26.8 Å². The average molecular weight is 156 g/mol. The summed E-state index contributed by atoms with van der Waals surface area (Å²) in [6, 6.07) is 0. The number of carbonyl (C=O) groups is 1. The Hall–Kier alpha value is -0.570. The number of methoxy groups -OCH3 is 1. The van der Waals surface area contributed by atoms with Crippen molar-refractivity contribution in [3.05, 3.63) is 6.42 Å². The third kappa shape index (κ3) is 2.50. The van der Waals surface area contributed by atoms with Crippen LogP contribution >= 0.6 is 0 Å². The zero-order valence-corrected chi connectivity index (χ0v) is 6.88. The van der Waals surface area contributed by atoms with Gasteiger partial charge >= 0.3 is 0 Å². The van der Waals surface area contributed by atoms with E-state index in [0.717, 1.165) is 25.9 Å². The monoisotopic (exact) mass is 156 g/mol. The van der Waals surface area contributed by atoms with Gasteiger partial charge in [-0.1, -0.05) is 0 Å². The van der Waals surface area contributed by atoms with Crippen LogP contribution in [0.3, 0.4) is 0 Å². The Morgan fingerprint density at radius 3 is 2.73 bits per heavy atom. The first kappa shape index (κ1) is 8.53. The Kier molecular flexibility index (Phi) is 3.36. The first-order chi connectivity index (χ1) is 5.34. The Bertz CT molecular complexity index is 130. The fourth-order valence-corrected chi connectivity index (χ4v) is 1.21. The van der Waals surface area contributed by atoms with Crippen LogP contribution in [-0.2, 0) is 9.53 Å². The molecule has 0 saturated carbocycles. The standard InChI is InChI=1S/C8H14NO2/c1-11-7-8(10)9-5-3-2-4-6-9/h2H,3-7H2,1H3. The van der Waals surface area contributed by atoms with Crippen molar-refractivity contribution in [3.8, 4) is 0 Å². The largest absolute Gasteiger partial charge is 0.375 e. The second-order valence-corrected chi connectivity index (χ2v) is 2.68. The van der Waals surface area contributed by atoms with Crippen molar-refractivity contribution in [3.63, 3.8) is 0 Å². The fraction of sp³-hybridized carbons (Fsp3) is 0.750.